The summed E-state index contributed by atoms with van der Waals surface area (Å²) in [6, 6.07) is 5.18. The SMILES string of the molecule is CCOC(=O)c1cc(N)ccc1NCCc1nccs1. The summed E-state index contributed by atoms with van der Waals surface area (Å²) in [5.41, 5.74) is 7.46. The first kappa shape index (κ1) is 14.3. The third-order valence-corrected chi connectivity index (χ3v) is 3.52. The second-order valence-corrected chi connectivity index (χ2v) is 5.11. The monoisotopic (exact) mass is 291 g/mol. The van der Waals surface area contributed by atoms with Gasteiger partial charge in [-0.2, -0.15) is 0 Å². The maximum Gasteiger partial charge on any atom is 0.340 e. The molecule has 0 amide bonds. The van der Waals surface area contributed by atoms with Crippen LogP contribution in [0.15, 0.2) is 29.8 Å². The molecule has 0 atom stereocenters. The van der Waals surface area contributed by atoms with Crippen molar-refractivity contribution >= 4 is 28.7 Å². The van der Waals surface area contributed by atoms with Crippen LogP contribution in [0.4, 0.5) is 11.4 Å². The van der Waals surface area contributed by atoms with Crippen LogP contribution in [0.5, 0.6) is 0 Å². The van der Waals surface area contributed by atoms with Crippen molar-refractivity contribution in [3.63, 3.8) is 0 Å². The molecule has 106 valence electrons. The predicted octanol–water partition coefficient (Wildman–Crippen LogP) is 2.56. The van der Waals surface area contributed by atoms with Crippen LogP contribution in [0, 0.1) is 0 Å². The lowest BCUT2D eigenvalue weighted by atomic mass is 10.1. The van der Waals surface area contributed by atoms with Crippen molar-refractivity contribution < 1.29 is 9.53 Å². The molecule has 2 aromatic rings. The van der Waals surface area contributed by atoms with Crippen molar-refractivity contribution in [1.29, 1.82) is 0 Å². The van der Waals surface area contributed by atoms with Gasteiger partial charge < -0.3 is 15.8 Å². The summed E-state index contributed by atoms with van der Waals surface area (Å²) in [5.74, 6) is -0.364. The van der Waals surface area contributed by atoms with Crippen LogP contribution in [0.3, 0.4) is 0 Å². The van der Waals surface area contributed by atoms with E-state index in [-0.39, 0.29) is 5.97 Å². The van der Waals surface area contributed by atoms with Gasteiger partial charge >= 0.3 is 5.97 Å². The van der Waals surface area contributed by atoms with E-state index >= 15 is 0 Å². The minimum Gasteiger partial charge on any atom is -0.462 e. The average molecular weight is 291 g/mol. The molecule has 5 nitrogen and oxygen atoms in total. The fourth-order valence-corrected chi connectivity index (χ4v) is 2.39. The van der Waals surface area contributed by atoms with Gasteiger partial charge in [-0.15, -0.1) is 11.3 Å². The molecule has 1 aromatic carbocycles. The van der Waals surface area contributed by atoms with Crippen molar-refractivity contribution in [2.75, 3.05) is 24.2 Å². The Balaban J connectivity index is 2.04. The van der Waals surface area contributed by atoms with Gasteiger partial charge in [0, 0.05) is 35.9 Å². The number of nitrogens with two attached hydrogens (primary N) is 1. The summed E-state index contributed by atoms with van der Waals surface area (Å²) in [4.78, 5) is 16.1. The van der Waals surface area contributed by atoms with Gasteiger partial charge in [0.15, 0.2) is 0 Å². The molecule has 1 aromatic heterocycles. The zero-order chi connectivity index (χ0) is 14.4. The van der Waals surface area contributed by atoms with E-state index in [2.05, 4.69) is 10.3 Å². The first-order valence-corrected chi connectivity index (χ1v) is 7.27. The summed E-state index contributed by atoms with van der Waals surface area (Å²) < 4.78 is 5.03. The summed E-state index contributed by atoms with van der Waals surface area (Å²) in [6.07, 6.45) is 2.59. The van der Waals surface area contributed by atoms with E-state index in [1.165, 1.54) is 0 Å². The number of nitrogen functional groups attached to an aromatic ring is 1. The number of thiazole rings is 1. The highest BCUT2D eigenvalue weighted by molar-refractivity contribution is 7.09. The summed E-state index contributed by atoms with van der Waals surface area (Å²) in [5, 5.41) is 6.24. The largest absolute Gasteiger partial charge is 0.462 e. The average Bonchev–Trinajstić information content (AvgIpc) is 2.94. The third-order valence-electron chi connectivity index (χ3n) is 2.68. The first-order valence-electron chi connectivity index (χ1n) is 6.39. The number of hydrogen-bond donors (Lipinski definition) is 2. The Morgan fingerprint density at radius 2 is 2.35 bits per heavy atom. The van der Waals surface area contributed by atoms with Gasteiger partial charge in [-0.1, -0.05) is 0 Å². The zero-order valence-electron chi connectivity index (χ0n) is 11.3. The minimum atomic E-state index is -0.364. The van der Waals surface area contributed by atoms with E-state index < -0.39 is 0 Å². The lowest BCUT2D eigenvalue weighted by Crippen LogP contribution is -2.12. The van der Waals surface area contributed by atoms with Crippen LogP contribution >= 0.6 is 11.3 Å². The number of nitrogens with one attached hydrogen (secondary N) is 1. The highest BCUT2D eigenvalue weighted by Gasteiger charge is 2.12. The molecule has 2 rings (SSSR count). The minimum absolute atomic E-state index is 0.339. The van der Waals surface area contributed by atoms with E-state index in [1.807, 2.05) is 5.38 Å². The molecule has 0 aliphatic carbocycles. The van der Waals surface area contributed by atoms with Crippen molar-refractivity contribution in [3.05, 3.63) is 40.3 Å². The number of ether oxygens (including phenoxy) is 1. The van der Waals surface area contributed by atoms with Crippen LogP contribution < -0.4 is 11.1 Å². The lowest BCUT2D eigenvalue weighted by Gasteiger charge is -2.11. The van der Waals surface area contributed by atoms with Gasteiger partial charge in [-0.3, -0.25) is 0 Å². The van der Waals surface area contributed by atoms with Crippen molar-refractivity contribution in [2.24, 2.45) is 0 Å². The number of benzene rings is 1. The molecule has 0 fully saturated rings. The Kier molecular flexibility index (Phi) is 4.95. The Hall–Kier alpha value is -2.08. The number of esters is 1. The van der Waals surface area contributed by atoms with Crippen molar-refractivity contribution in [2.45, 2.75) is 13.3 Å². The molecule has 20 heavy (non-hydrogen) atoms. The normalized spacial score (nSPS) is 10.2. The number of hydrogen-bond acceptors (Lipinski definition) is 6. The molecule has 0 spiro atoms. The quantitative estimate of drug-likeness (QED) is 0.632. The Morgan fingerprint density at radius 1 is 1.50 bits per heavy atom. The highest BCUT2D eigenvalue weighted by Crippen LogP contribution is 2.20. The number of nitrogens with zero attached hydrogens (tertiary/aromatic N) is 1. The van der Waals surface area contributed by atoms with Gasteiger partial charge in [-0.25, -0.2) is 9.78 Å². The molecule has 3 N–H and O–H groups in total. The third kappa shape index (κ3) is 3.71. The van der Waals surface area contributed by atoms with Gasteiger partial charge in [-0.05, 0) is 25.1 Å². The van der Waals surface area contributed by atoms with E-state index in [0.29, 0.717) is 24.4 Å². The summed E-state index contributed by atoms with van der Waals surface area (Å²) >= 11 is 1.62. The second-order valence-electron chi connectivity index (χ2n) is 4.13. The zero-order valence-corrected chi connectivity index (χ0v) is 12.1. The number of aromatic nitrogens is 1. The van der Waals surface area contributed by atoms with Crippen molar-refractivity contribution in [3.8, 4) is 0 Å². The van der Waals surface area contributed by atoms with Crippen LogP contribution in [0.2, 0.25) is 0 Å². The van der Waals surface area contributed by atoms with Crippen LogP contribution in [-0.2, 0) is 11.2 Å². The second kappa shape index (κ2) is 6.91. The number of rotatable bonds is 6. The summed E-state index contributed by atoms with van der Waals surface area (Å²) in [7, 11) is 0. The molecular formula is C14H17N3O2S. The number of carbonyl (C=O) groups excluding carboxylic acids is 1. The van der Waals surface area contributed by atoms with Gasteiger partial charge in [0.1, 0.15) is 0 Å². The molecule has 1 heterocycles. The number of anilines is 2. The molecule has 0 unspecified atom stereocenters. The Bertz CT molecular complexity index is 570. The lowest BCUT2D eigenvalue weighted by molar-refractivity contribution is 0.0527. The topological polar surface area (TPSA) is 77.2 Å². The number of carbonyl (C=O) groups is 1. The smallest absolute Gasteiger partial charge is 0.340 e. The van der Waals surface area contributed by atoms with Crippen LogP contribution in [0.1, 0.15) is 22.3 Å². The fourth-order valence-electron chi connectivity index (χ4n) is 1.77. The molecule has 0 bridgehead atoms. The first-order chi connectivity index (χ1) is 9.70. The maximum absolute atomic E-state index is 11.9. The Morgan fingerprint density at radius 3 is 3.05 bits per heavy atom. The molecule has 0 saturated carbocycles. The maximum atomic E-state index is 11.9. The van der Waals surface area contributed by atoms with E-state index in [4.69, 9.17) is 10.5 Å². The molecule has 0 radical (unpaired) electrons. The standard InChI is InChI=1S/C14H17N3O2S/c1-2-19-14(18)11-9-10(15)3-4-12(11)16-6-5-13-17-7-8-20-13/h3-4,7-9,16H,2,5-6,15H2,1H3. The van der Waals surface area contributed by atoms with Gasteiger partial charge in [0.25, 0.3) is 0 Å². The fraction of sp³-hybridized carbons (Fsp3) is 0.286. The van der Waals surface area contributed by atoms with Gasteiger partial charge in [0.2, 0.25) is 0 Å². The summed E-state index contributed by atoms with van der Waals surface area (Å²) in [6.45, 7) is 2.82. The van der Waals surface area contributed by atoms with E-state index in [1.54, 1.807) is 42.7 Å². The van der Waals surface area contributed by atoms with Crippen molar-refractivity contribution in [1.82, 2.24) is 4.98 Å². The van der Waals surface area contributed by atoms with Gasteiger partial charge in [0.05, 0.1) is 17.2 Å². The van der Waals surface area contributed by atoms with E-state index in [9.17, 15) is 4.79 Å². The van der Waals surface area contributed by atoms with Crippen LogP contribution in [-0.4, -0.2) is 24.1 Å². The molecular weight excluding hydrogens is 274 g/mol. The molecule has 0 aliphatic heterocycles. The molecule has 0 saturated heterocycles. The highest BCUT2D eigenvalue weighted by atomic mass is 32.1. The predicted molar refractivity (Wildman–Crippen MR) is 81.1 cm³/mol. The van der Waals surface area contributed by atoms with Crippen LogP contribution in [0.25, 0.3) is 0 Å². The molecule has 0 aliphatic rings. The van der Waals surface area contributed by atoms with E-state index in [0.717, 1.165) is 17.1 Å². The Labute approximate surface area is 121 Å². The molecule has 6 heteroatoms.